The molecule has 0 aromatic carbocycles. The highest BCUT2D eigenvalue weighted by atomic mass is 32.1. The van der Waals surface area contributed by atoms with Crippen molar-refractivity contribution in [3.05, 3.63) is 11.1 Å². The van der Waals surface area contributed by atoms with Crippen molar-refractivity contribution in [3.63, 3.8) is 0 Å². The van der Waals surface area contributed by atoms with Crippen LogP contribution in [0.25, 0.3) is 0 Å². The zero-order valence-electron chi connectivity index (χ0n) is 9.64. The van der Waals surface area contributed by atoms with Gasteiger partial charge >= 0.3 is 5.97 Å². The van der Waals surface area contributed by atoms with Crippen LogP contribution in [0.2, 0.25) is 0 Å². The number of nitrogens with one attached hydrogen (secondary N) is 1. The lowest BCUT2D eigenvalue weighted by molar-refractivity contribution is -0.137. The molecule has 0 bridgehead atoms. The van der Waals surface area contributed by atoms with Gasteiger partial charge in [-0.3, -0.25) is 9.59 Å². The number of hydrogen-bond donors (Lipinski definition) is 3. The first-order valence-corrected chi connectivity index (χ1v) is 6.01. The summed E-state index contributed by atoms with van der Waals surface area (Å²) in [6.07, 6.45) is -0.108. The topological polar surface area (TPSA) is 105 Å². The summed E-state index contributed by atoms with van der Waals surface area (Å²) in [6, 6.07) is -0.414. The summed E-state index contributed by atoms with van der Waals surface area (Å²) in [6.45, 7) is 3.70. The largest absolute Gasteiger partial charge is 0.481 e. The van der Waals surface area contributed by atoms with Crippen LogP contribution in [0.1, 0.15) is 30.8 Å². The second-order valence-corrected chi connectivity index (χ2v) is 4.88. The molecular weight excluding hydrogens is 242 g/mol. The minimum Gasteiger partial charge on any atom is -0.481 e. The van der Waals surface area contributed by atoms with E-state index in [-0.39, 0.29) is 18.0 Å². The van der Waals surface area contributed by atoms with Crippen LogP contribution in [-0.2, 0) is 4.79 Å². The Kier molecular flexibility index (Phi) is 4.45. The fourth-order valence-electron chi connectivity index (χ4n) is 1.28. The van der Waals surface area contributed by atoms with Crippen molar-refractivity contribution in [1.82, 2.24) is 10.3 Å². The molecule has 0 aliphatic rings. The van der Waals surface area contributed by atoms with Gasteiger partial charge < -0.3 is 16.2 Å². The van der Waals surface area contributed by atoms with Crippen LogP contribution >= 0.6 is 11.3 Å². The van der Waals surface area contributed by atoms with E-state index in [0.29, 0.717) is 5.13 Å². The number of carbonyl (C=O) groups excluding carboxylic acids is 1. The fraction of sp³-hybridized carbons (Fsp3) is 0.500. The van der Waals surface area contributed by atoms with E-state index >= 15 is 0 Å². The van der Waals surface area contributed by atoms with Crippen LogP contribution in [0.3, 0.4) is 0 Å². The van der Waals surface area contributed by atoms with Crippen LogP contribution < -0.4 is 11.1 Å². The van der Waals surface area contributed by atoms with Crippen molar-refractivity contribution in [2.75, 3.05) is 5.73 Å². The molecule has 94 valence electrons. The van der Waals surface area contributed by atoms with E-state index in [0.717, 1.165) is 0 Å². The SMILES string of the molecule is CC(C)C(CC(=O)O)NC(=O)c1csc(N)n1. The van der Waals surface area contributed by atoms with Gasteiger partial charge in [0, 0.05) is 11.4 Å². The number of carbonyl (C=O) groups is 2. The van der Waals surface area contributed by atoms with Crippen LogP contribution in [0.15, 0.2) is 5.38 Å². The second kappa shape index (κ2) is 5.62. The number of nitrogens with two attached hydrogens (primary N) is 1. The maximum absolute atomic E-state index is 11.7. The third kappa shape index (κ3) is 4.03. The van der Waals surface area contributed by atoms with E-state index in [1.165, 1.54) is 11.3 Å². The van der Waals surface area contributed by atoms with Gasteiger partial charge in [0.15, 0.2) is 5.13 Å². The number of amides is 1. The predicted octanol–water partition coefficient (Wildman–Crippen LogP) is 0.954. The van der Waals surface area contributed by atoms with Gasteiger partial charge in [-0.1, -0.05) is 13.8 Å². The van der Waals surface area contributed by atoms with Gasteiger partial charge in [0.05, 0.1) is 6.42 Å². The second-order valence-electron chi connectivity index (χ2n) is 3.99. The molecule has 1 heterocycles. The molecule has 0 fully saturated rings. The Morgan fingerprint density at radius 3 is 2.65 bits per heavy atom. The van der Waals surface area contributed by atoms with E-state index in [2.05, 4.69) is 10.3 Å². The summed E-state index contributed by atoms with van der Waals surface area (Å²) in [7, 11) is 0. The van der Waals surface area contributed by atoms with E-state index in [4.69, 9.17) is 10.8 Å². The Bertz CT molecular complexity index is 417. The number of nitrogens with zero attached hydrogens (tertiary/aromatic N) is 1. The van der Waals surface area contributed by atoms with Gasteiger partial charge in [-0.25, -0.2) is 4.98 Å². The van der Waals surface area contributed by atoms with Gasteiger partial charge in [0.1, 0.15) is 5.69 Å². The summed E-state index contributed by atoms with van der Waals surface area (Å²) in [5.74, 6) is -1.30. The molecule has 0 aliphatic carbocycles. The van der Waals surface area contributed by atoms with Gasteiger partial charge in [-0.05, 0) is 5.92 Å². The van der Waals surface area contributed by atoms with Gasteiger partial charge in [0.25, 0.3) is 5.91 Å². The molecule has 1 rings (SSSR count). The summed E-state index contributed by atoms with van der Waals surface area (Å²) >= 11 is 1.17. The maximum Gasteiger partial charge on any atom is 0.305 e. The van der Waals surface area contributed by atoms with Crippen molar-refractivity contribution < 1.29 is 14.7 Å². The van der Waals surface area contributed by atoms with Crippen molar-refractivity contribution in [2.24, 2.45) is 5.92 Å². The van der Waals surface area contributed by atoms with E-state index < -0.39 is 17.9 Å². The third-order valence-corrected chi connectivity index (χ3v) is 2.94. The molecular formula is C10H15N3O3S. The van der Waals surface area contributed by atoms with Crippen molar-refractivity contribution in [3.8, 4) is 0 Å². The van der Waals surface area contributed by atoms with E-state index in [9.17, 15) is 9.59 Å². The molecule has 0 saturated carbocycles. The number of hydrogen-bond acceptors (Lipinski definition) is 5. The maximum atomic E-state index is 11.7. The number of nitrogen functional groups attached to an aromatic ring is 1. The first-order valence-electron chi connectivity index (χ1n) is 5.13. The Morgan fingerprint density at radius 2 is 2.24 bits per heavy atom. The quantitative estimate of drug-likeness (QED) is 0.728. The smallest absolute Gasteiger partial charge is 0.305 e. The van der Waals surface area contributed by atoms with Gasteiger partial charge in [-0.2, -0.15) is 0 Å². The third-order valence-electron chi connectivity index (χ3n) is 2.27. The molecule has 1 aromatic rings. The Balaban J connectivity index is 2.67. The first-order chi connectivity index (χ1) is 7.90. The molecule has 4 N–H and O–H groups in total. The molecule has 6 nitrogen and oxygen atoms in total. The predicted molar refractivity (Wildman–Crippen MR) is 64.9 cm³/mol. The molecule has 0 saturated heterocycles. The van der Waals surface area contributed by atoms with Crippen molar-refractivity contribution in [1.29, 1.82) is 0 Å². The molecule has 0 aliphatic heterocycles. The highest BCUT2D eigenvalue weighted by Gasteiger charge is 2.21. The summed E-state index contributed by atoms with van der Waals surface area (Å²) in [5, 5.41) is 13.2. The lowest BCUT2D eigenvalue weighted by atomic mass is 10.0. The summed E-state index contributed by atoms with van der Waals surface area (Å²) in [4.78, 5) is 26.2. The lowest BCUT2D eigenvalue weighted by Crippen LogP contribution is -2.40. The number of aromatic nitrogens is 1. The minimum absolute atomic E-state index is 0.0334. The monoisotopic (exact) mass is 257 g/mol. The van der Waals surface area contributed by atoms with E-state index in [1.807, 2.05) is 13.8 Å². The molecule has 1 amide bonds. The number of carboxylic acid groups (broad SMARTS) is 1. The Labute approximate surface area is 103 Å². The molecule has 1 atom stereocenters. The standard InChI is InChI=1S/C10H15N3O3S/c1-5(2)6(3-8(14)15)12-9(16)7-4-17-10(11)13-7/h4-6H,3H2,1-2H3,(H2,11,13)(H,12,16)(H,14,15). The number of aliphatic carboxylic acids is 1. The Hall–Kier alpha value is -1.63. The molecule has 0 radical (unpaired) electrons. The molecule has 1 aromatic heterocycles. The zero-order chi connectivity index (χ0) is 13.0. The van der Waals surface area contributed by atoms with Gasteiger partial charge in [-0.15, -0.1) is 11.3 Å². The number of rotatable bonds is 5. The normalized spacial score (nSPS) is 12.4. The fourth-order valence-corrected chi connectivity index (χ4v) is 1.82. The molecule has 17 heavy (non-hydrogen) atoms. The van der Waals surface area contributed by atoms with E-state index in [1.54, 1.807) is 5.38 Å². The number of anilines is 1. The first kappa shape index (κ1) is 13.4. The molecule has 0 spiro atoms. The zero-order valence-corrected chi connectivity index (χ0v) is 10.5. The lowest BCUT2D eigenvalue weighted by Gasteiger charge is -2.19. The van der Waals surface area contributed by atoms with Crippen molar-refractivity contribution in [2.45, 2.75) is 26.3 Å². The molecule has 1 unspecified atom stereocenters. The average molecular weight is 257 g/mol. The Morgan fingerprint density at radius 1 is 1.59 bits per heavy atom. The number of carboxylic acids is 1. The summed E-state index contributed by atoms with van der Waals surface area (Å²) < 4.78 is 0. The number of thiazole rings is 1. The minimum atomic E-state index is -0.943. The van der Waals surface area contributed by atoms with Crippen LogP contribution in [0.5, 0.6) is 0 Å². The average Bonchev–Trinajstić information content (AvgIpc) is 2.63. The highest BCUT2D eigenvalue weighted by Crippen LogP contribution is 2.12. The summed E-state index contributed by atoms with van der Waals surface area (Å²) in [5.41, 5.74) is 5.65. The highest BCUT2D eigenvalue weighted by molar-refractivity contribution is 7.13. The van der Waals surface area contributed by atoms with Gasteiger partial charge in [0.2, 0.25) is 0 Å². The van der Waals surface area contributed by atoms with Crippen LogP contribution in [0.4, 0.5) is 5.13 Å². The van der Waals surface area contributed by atoms with Crippen molar-refractivity contribution >= 4 is 28.3 Å². The van der Waals surface area contributed by atoms with Crippen LogP contribution in [-0.4, -0.2) is 28.0 Å². The molecule has 7 heteroatoms. The van der Waals surface area contributed by atoms with Crippen LogP contribution in [0, 0.1) is 5.92 Å².